The maximum absolute atomic E-state index is 13.3. The molecule has 3 N–H and O–H groups in total. The zero-order valence-corrected chi connectivity index (χ0v) is 14.2. The van der Waals surface area contributed by atoms with Crippen LogP contribution < -0.4 is 16.0 Å². The molecule has 0 spiro atoms. The third kappa shape index (κ3) is 8.15. The highest BCUT2D eigenvalue weighted by Gasteiger charge is 2.21. The van der Waals surface area contributed by atoms with Crippen LogP contribution >= 0.6 is 0 Å². The molecular formula is C18H23F2N3O2. The highest BCUT2D eigenvalue weighted by Crippen LogP contribution is 2.10. The van der Waals surface area contributed by atoms with Gasteiger partial charge in [-0.05, 0) is 24.1 Å². The summed E-state index contributed by atoms with van der Waals surface area (Å²) in [5, 5.41) is 7.62. The number of halogens is 2. The van der Waals surface area contributed by atoms with E-state index >= 15 is 0 Å². The van der Waals surface area contributed by atoms with Crippen LogP contribution in [0.2, 0.25) is 0 Å². The Kier molecular flexibility index (Phi) is 9.01. The summed E-state index contributed by atoms with van der Waals surface area (Å²) in [6.07, 6.45) is 7.87. The molecule has 0 fully saturated rings. The number of hydrogen-bond donors (Lipinski definition) is 3. The third-order valence-electron chi connectivity index (χ3n) is 3.41. The summed E-state index contributed by atoms with van der Waals surface area (Å²) < 4.78 is 26.6. The molecule has 136 valence electrons. The molecule has 0 bridgehead atoms. The van der Waals surface area contributed by atoms with E-state index in [1.54, 1.807) is 0 Å². The minimum atomic E-state index is -0.999. The first kappa shape index (κ1) is 20.4. The molecule has 0 saturated heterocycles. The molecule has 0 aliphatic carbocycles. The summed E-state index contributed by atoms with van der Waals surface area (Å²) in [4.78, 5) is 24.1. The van der Waals surface area contributed by atoms with Crippen LogP contribution in [0.25, 0.3) is 0 Å². The van der Waals surface area contributed by atoms with Gasteiger partial charge in [-0.2, -0.15) is 0 Å². The normalized spacial score (nSPS) is 11.3. The van der Waals surface area contributed by atoms with Crippen molar-refractivity contribution in [3.05, 3.63) is 35.4 Å². The lowest BCUT2D eigenvalue weighted by Gasteiger charge is -2.18. The van der Waals surface area contributed by atoms with Crippen molar-refractivity contribution in [2.45, 2.75) is 38.6 Å². The van der Waals surface area contributed by atoms with E-state index < -0.39 is 29.6 Å². The molecule has 0 aliphatic rings. The molecule has 0 radical (unpaired) electrons. The van der Waals surface area contributed by atoms with Gasteiger partial charge >= 0.3 is 6.03 Å². The number of carbonyl (C=O) groups excluding carboxylic acids is 2. The van der Waals surface area contributed by atoms with Gasteiger partial charge in [-0.15, -0.1) is 6.42 Å². The molecule has 1 rings (SSSR count). The average Bonchev–Trinajstić information content (AvgIpc) is 2.55. The van der Waals surface area contributed by atoms with Gasteiger partial charge in [0.2, 0.25) is 5.91 Å². The number of nitrogens with one attached hydrogen (secondary N) is 3. The van der Waals surface area contributed by atoms with E-state index in [4.69, 9.17) is 6.42 Å². The number of benzene rings is 1. The van der Waals surface area contributed by atoms with Gasteiger partial charge in [0, 0.05) is 19.0 Å². The van der Waals surface area contributed by atoms with Gasteiger partial charge in [-0.1, -0.05) is 25.7 Å². The van der Waals surface area contributed by atoms with Crippen molar-refractivity contribution in [1.82, 2.24) is 16.0 Å². The van der Waals surface area contributed by atoms with Crippen LogP contribution in [0.5, 0.6) is 0 Å². The van der Waals surface area contributed by atoms with Crippen LogP contribution in [0.4, 0.5) is 13.6 Å². The Hall–Kier alpha value is -2.62. The Morgan fingerprint density at radius 3 is 2.44 bits per heavy atom. The molecule has 25 heavy (non-hydrogen) atoms. The first-order valence-electron chi connectivity index (χ1n) is 8.16. The predicted molar refractivity (Wildman–Crippen MR) is 91.8 cm³/mol. The van der Waals surface area contributed by atoms with Crippen LogP contribution in [0.15, 0.2) is 18.2 Å². The topological polar surface area (TPSA) is 70.2 Å². The second-order valence-corrected chi connectivity index (χ2v) is 5.56. The molecule has 3 amide bonds. The maximum atomic E-state index is 13.3. The molecule has 0 unspecified atom stereocenters. The second kappa shape index (κ2) is 11.0. The molecule has 5 nitrogen and oxygen atoms in total. The predicted octanol–water partition coefficient (Wildman–Crippen LogP) is 2.11. The monoisotopic (exact) mass is 351 g/mol. The fraction of sp³-hybridized carbons (Fsp3) is 0.444. The van der Waals surface area contributed by atoms with Gasteiger partial charge in [0.05, 0.1) is 6.54 Å². The van der Waals surface area contributed by atoms with Crippen molar-refractivity contribution in [3.63, 3.8) is 0 Å². The van der Waals surface area contributed by atoms with Crippen LogP contribution in [0, 0.1) is 24.0 Å². The molecule has 0 saturated carbocycles. The van der Waals surface area contributed by atoms with Crippen LogP contribution in [-0.4, -0.2) is 31.1 Å². The fourth-order valence-electron chi connectivity index (χ4n) is 2.22. The van der Waals surface area contributed by atoms with E-state index in [1.165, 1.54) is 0 Å². The van der Waals surface area contributed by atoms with Crippen LogP contribution in [0.1, 0.15) is 31.7 Å². The largest absolute Gasteiger partial charge is 0.343 e. The Morgan fingerprint density at radius 1 is 1.16 bits per heavy atom. The smallest absolute Gasteiger partial charge is 0.315 e. The van der Waals surface area contributed by atoms with Crippen molar-refractivity contribution in [3.8, 4) is 12.3 Å². The van der Waals surface area contributed by atoms with Gasteiger partial charge in [0.25, 0.3) is 0 Å². The van der Waals surface area contributed by atoms with Gasteiger partial charge in [0.15, 0.2) is 0 Å². The summed E-state index contributed by atoms with van der Waals surface area (Å²) in [6.45, 7) is 2.52. The molecule has 0 aromatic heterocycles. The average molecular weight is 351 g/mol. The van der Waals surface area contributed by atoms with Crippen molar-refractivity contribution >= 4 is 11.9 Å². The number of amides is 3. The fourth-order valence-corrected chi connectivity index (χ4v) is 2.22. The minimum absolute atomic E-state index is 0.00730. The van der Waals surface area contributed by atoms with Gasteiger partial charge in [0.1, 0.15) is 17.7 Å². The molecule has 0 heterocycles. The molecule has 7 heteroatoms. The number of urea groups is 1. The van der Waals surface area contributed by atoms with E-state index in [0.29, 0.717) is 6.54 Å². The van der Waals surface area contributed by atoms with E-state index in [2.05, 4.69) is 21.9 Å². The first-order chi connectivity index (χ1) is 12.0. The molecular weight excluding hydrogens is 328 g/mol. The highest BCUT2D eigenvalue weighted by atomic mass is 19.1. The van der Waals surface area contributed by atoms with Crippen molar-refractivity contribution < 1.29 is 18.4 Å². The Morgan fingerprint density at radius 2 is 1.84 bits per heavy atom. The second-order valence-electron chi connectivity index (χ2n) is 5.56. The summed E-state index contributed by atoms with van der Waals surface area (Å²) in [5.41, 5.74) is 0.254. The zero-order valence-electron chi connectivity index (χ0n) is 14.2. The molecule has 1 aromatic rings. The van der Waals surface area contributed by atoms with Gasteiger partial charge in [-0.3, -0.25) is 4.79 Å². The SMILES string of the molecule is C#CCNC(=O)[C@H](Cc1cc(F)cc(F)c1)NC(=O)NCCCCC. The first-order valence-corrected chi connectivity index (χ1v) is 8.16. The van der Waals surface area contributed by atoms with E-state index in [-0.39, 0.29) is 18.5 Å². The lowest BCUT2D eigenvalue weighted by atomic mass is 10.0. The summed E-state index contributed by atoms with van der Waals surface area (Å²) in [5.74, 6) is 0.238. The number of unbranched alkanes of at least 4 members (excludes halogenated alkanes) is 2. The lowest BCUT2D eigenvalue weighted by Crippen LogP contribution is -2.51. The zero-order chi connectivity index (χ0) is 18.7. The molecule has 1 atom stereocenters. The molecule has 1 aromatic carbocycles. The number of rotatable bonds is 9. The minimum Gasteiger partial charge on any atom is -0.343 e. The Bertz CT molecular complexity index is 609. The maximum Gasteiger partial charge on any atom is 0.315 e. The van der Waals surface area contributed by atoms with Crippen molar-refractivity contribution in [1.29, 1.82) is 0 Å². The summed E-state index contributed by atoms with van der Waals surface area (Å²) >= 11 is 0. The third-order valence-corrected chi connectivity index (χ3v) is 3.41. The molecule has 0 aliphatic heterocycles. The van der Waals surface area contributed by atoms with Crippen molar-refractivity contribution in [2.75, 3.05) is 13.1 Å². The van der Waals surface area contributed by atoms with Gasteiger partial charge < -0.3 is 16.0 Å². The summed E-state index contributed by atoms with van der Waals surface area (Å²) in [6, 6.07) is 1.45. The number of carbonyl (C=O) groups is 2. The lowest BCUT2D eigenvalue weighted by molar-refractivity contribution is -0.122. The Labute approximate surface area is 146 Å². The van der Waals surface area contributed by atoms with E-state index in [0.717, 1.165) is 37.5 Å². The quantitative estimate of drug-likeness (QED) is 0.471. The standard InChI is InChI=1S/C18H23F2N3O2/c1-3-5-6-8-22-18(25)23-16(17(24)21-7-4-2)11-13-9-14(19)12-15(20)10-13/h2,9-10,12,16H,3,5-8,11H2,1H3,(H,21,24)(H2,22,23,25)/t16-/m0/s1. The number of hydrogen-bond acceptors (Lipinski definition) is 2. The number of terminal acetylenes is 1. The van der Waals surface area contributed by atoms with Crippen LogP contribution in [0.3, 0.4) is 0 Å². The van der Waals surface area contributed by atoms with E-state index in [9.17, 15) is 18.4 Å². The van der Waals surface area contributed by atoms with Gasteiger partial charge in [-0.25, -0.2) is 13.6 Å². The van der Waals surface area contributed by atoms with E-state index in [1.807, 2.05) is 6.92 Å². The summed E-state index contributed by atoms with van der Waals surface area (Å²) in [7, 11) is 0. The van der Waals surface area contributed by atoms with Crippen molar-refractivity contribution in [2.24, 2.45) is 0 Å². The van der Waals surface area contributed by atoms with Crippen LogP contribution in [-0.2, 0) is 11.2 Å². The highest BCUT2D eigenvalue weighted by molar-refractivity contribution is 5.87. The Balaban J connectivity index is 2.73.